The van der Waals surface area contributed by atoms with Gasteiger partial charge in [0.15, 0.2) is 0 Å². The Kier molecular flexibility index (Phi) is 6.26. The van der Waals surface area contributed by atoms with Crippen molar-refractivity contribution < 1.29 is 9.90 Å². The number of piperidine rings is 1. The molecule has 0 aromatic heterocycles. The number of carboxylic acid groups (broad SMARTS) is 1. The lowest BCUT2D eigenvalue weighted by molar-refractivity contribution is -0.137. The monoisotopic (exact) mass is 387 g/mol. The summed E-state index contributed by atoms with van der Waals surface area (Å²) in [7, 11) is 0. The molecule has 1 aliphatic carbocycles. The van der Waals surface area contributed by atoms with Crippen molar-refractivity contribution >= 4 is 23.7 Å². The lowest BCUT2D eigenvalue weighted by Crippen LogP contribution is -2.36. The summed E-state index contributed by atoms with van der Waals surface area (Å²) in [4.78, 5) is 13.4. The number of aliphatic carboxylic acids is 1. The topological polar surface area (TPSA) is 40.5 Å². The summed E-state index contributed by atoms with van der Waals surface area (Å²) in [5.74, 6) is -0.151. The minimum absolute atomic E-state index is 0.295. The molecular weight excluding hydrogens is 358 g/mol. The second-order valence-corrected chi connectivity index (χ2v) is 8.16. The zero-order valence-electron chi connectivity index (χ0n) is 16.9. The highest BCUT2D eigenvalue weighted by Crippen LogP contribution is 2.34. The summed E-state index contributed by atoms with van der Waals surface area (Å²) in [6.45, 7) is 3.19. The average molecular weight is 388 g/mol. The number of carboxylic acids is 1. The van der Waals surface area contributed by atoms with Crippen LogP contribution in [0.25, 0.3) is 17.7 Å². The minimum Gasteiger partial charge on any atom is -0.481 e. The van der Waals surface area contributed by atoms with Crippen LogP contribution in [0.1, 0.15) is 54.4 Å². The van der Waals surface area contributed by atoms with Gasteiger partial charge < -0.3 is 10.0 Å². The Labute approximate surface area is 173 Å². The van der Waals surface area contributed by atoms with Crippen molar-refractivity contribution in [2.24, 2.45) is 5.92 Å². The third-order valence-corrected chi connectivity index (χ3v) is 6.11. The van der Waals surface area contributed by atoms with Gasteiger partial charge in [0.05, 0.1) is 0 Å². The Morgan fingerprint density at radius 2 is 1.69 bits per heavy atom. The number of benzene rings is 2. The molecule has 3 heteroatoms. The lowest BCUT2D eigenvalue weighted by atomic mass is 9.92. The van der Waals surface area contributed by atoms with Crippen molar-refractivity contribution in [2.45, 2.75) is 32.1 Å². The SMILES string of the molecule is O=C(O)CCC1CCCN(CCC=C2c3ccccc3C=Cc3ccccc32)C1. The fourth-order valence-electron chi connectivity index (χ4n) is 4.63. The molecule has 0 bridgehead atoms. The number of nitrogens with zero attached hydrogens (tertiary/aromatic N) is 1. The van der Waals surface area contributed by atoms with Crippen LogP contribution in [-0.4, -0.2) is 35.6 Å². The van der Waals surface area contributed by atoms with E-state index in [0.717, 1.165) is 38.9 Å². The number of hydrogen-bond acceptors (Lipinski definition) is 2. The zero-order valence-corrected chi connectivity index (χ0v) is 16.9. The van der Waals surface area contributed by atoms with E-state index in [4.69, 9.17) is 5.11 Å². The van der Waals surface area contributed by atoms with Gasteiger partial charge >= 0.3 is 5.97 Å². The van der Waals surface area contributed by atoms with Crippen LogP contribution < -0.4 is 0 Å². The first-order valence-electron chi connectivity index (χ1n) is 10.7. The smallest absolute Gasteiger partial charge is 0.303 e. The molecule has 3 nitrogen and oxygen atoms in total. The van der Waals surface area contributed by atoms with Gasteiger partial charge in [0.1, 0.15) is 0 Å². The zero-order chi connectivity index (χ0) is 20.1. The van der Waals surface area contributed by atoms with Crippen molar-refractivity contribution in [1.82, 2.24) is 4.90 Å². The fourth-order valence-corrected chi connectivity index (χ4v) is 4.63. The molecule has 1 aliphatic heterocycles. The van der Waals surface area contributed by atoms with E-state index < -0.39 is 5.97 Å². The van der Waals surface area contributed by atoms with E-state index in [1.165, 1.54) is 34.2 Å². The molecule has 2 aromatic rings. The molecule has 29 heavy (non-hydrogen) atoms. The number of hydrogen-bond donors (Lipinski definition) is 1. The van der Waals surface area contributed by atoms with Gasteiger partial charge in [0.2, 0.25) is 0 Å². The van der Waals surface area contributed by atoms with E-state index in [1.54, 1.807) is 0 Å². The number of rotatable bonds is 6. The Hall–Kier alpha value is -2.65. The Balaban J connectivity index is 1.48. The van der Waals surface area contributed by atoms with Gasteiger partial charge in [-0.25, -0.2) is 0 Å². The largest absolute Gasteiger partial charge is 0.481 e. The minimum atomic E-state index is -0.675. The van der Waals surface area contributed by atoms with Crippen LogP contribution in [0.5, 0.6) is 0 Å². The van der Waals surface area contributed by atoms with Crippen LogP contribution >= 0.6 is 0 Å². The van der Waals surface area contributed by atoms with Crippen LogP contribution in [-0.2, 0) is 4.79 Å². The lowest BCUT2D eigenvalue weighted by Gasteiger charge is -2.32. The van der Waals surface area contributed by atoms with E-state index >= 15 is 0 Å². The summed E-state index contributed by atoms with van der Waals surface area (Å²) in [6.07, 6.45) is 11.3. The van der Waals surface area contributed by atoms with Crippen LogP contribution in [0.2, 0.25) is 0 Å². The van der Waals surface area contributed by atoms with Gasteiger partial charge in [-0.3, -0.25) is 4.79 Å². The molecule has 1 unspecified atom stereocenters. The van der Waals surface area contributed by atoms with E-state index in [-0.39, 0.29) is 0 Å². The molecular formula is C26H29NO2. The van der Waals surface area contributed by atoms with E-state index in [9.17, 15) is 4.79 Å². The maximum atomic E-state index is 10.9. The third kappa shape index (κ3) is 4.86. The third-order valence-electron chi connectivity index (χ3n) is 6.11. The van der Waals surface area contributed by atoms with Crippen LogP contribution in [0.15, 0.2) is 54.6 Å². The van der Waals surface area contributed by atoms with Crippen molar-refractivity contribution in [3.63, 3.8) is 0 Å². The number of carbonyl (C=O) groups is 1. The predicted molar refractivity (Wildman–Crippen MR) is 120 cm³/mol. The van der Waals surface area contributed by atoms with Crippen molar-refractivity contribution in [1.29, 1.82) is 0 Å². The molecule has 0 saturated carbocycles. The molecule has 1 N–H and O–H groups in total. The molecule has 1 heterocycles. The molecule has 2 aromatic carbocycles. The summed E-state index contributed by atoms with van der Waals surface area (Å²) < 4.78 is 0. The molecule has 2 aliphatic rings. The molecule has 1 fully saturated rings. The molecule has 4 rings (SSSR count). The van der Waals surface area contributed by atoms with Crippen LogP contribution in [0.4, 0.5) is 0 Å². The van der Waals surface area contributed by atoms with Gasteiger partial charge in [-0.15, -0.1) is 0 Å². The summed E-state index contributed by atoms with van der Waals surface area (Å²) in [5.41, 5.74) is 6.45. The Morgan fingerprint density at radius 3 is 2.34 bits per heavy atom. The first kappa shape index (κ1) is 19.7. The normalized spacial score (nSPS) is 18.6. The maximum absolute atomic E-state index is 10.9. The van der Waals surface area contributed by atoms with Gasteiger partial charge in [-0.2, -0.15) is 0 Å². The predicted octanol–water partition coefficient (Wildman–Crippen LogP) is 5.57. The van der Waals surface area contributed by atoms with E-state index in [1.807, 2.05) is 0 Å². The second kappa shape index (κ2) is 9.23. The van der Waals surface area contributed by atoms with E-state index in [2.05, 4.69) is 71.7 Å². The molecule has 1 atom stereocenters. The molecule has 1 saturated heterocycles. The van der Waals surface area contributed by atoms with Gasteiger partial charge in [-0.1, -0.05) is 66.8 Å². The van der Waals surface area contributed by atoms with Crippen LogP contribution in [0, 0.1) is 5.92 Å². The fraction of sp³-hybridized carbons (Fsp3) is 0.346. The molecule has 150 valence electrons. The quantitative estimate of drug-likeness (QED) is 0.601. The highest BCUT2D eigenvalue weighted by molar-refractivity contribution is 5.93. The highest BCUT2D eigenvalue weighted by Gasteiger charge is 2.20. The Morgan fingerprint density at radius 1 is 1.03 bits per heavy atom. The van der Waals surface area contributed by atoms with Gasteiger partial charge in [0, 0.05) is 19.5 Å². The summed E-state index contributed by atoms with van der Waals surface area (Å²) >= 11 is 0. The average Bonchev–Trinajstić information content (AvgIpc) is 2.90. The van der Waals surface area contributed by atoms with Crippen molar-refractivity contribution in [3.8, 4) is 0 Å². The highest BCUT2D eigenvalue weighted by atomic mass is 16.4. The van der Waals surface area contributed by atoms with Gasteiger partial charge in [0.25, 0.3) is 0 Å². The first-order valence-corrected chi connectivity index (χ1v) is 10.7. The number of fused-ring (bicyclic) bond motifs is 2. The van der Waals surface area contributed by atoms with Gasteiger partial charge in [-0.05, 0) is 66.0 Å². The summed E-state index contributed by atoms with van der Waals surface area (Å²) in [6, 6.07) is 17.2. The first-order chi connectivity index (χ1) is 14.2. The molecule has 0 radical (unpaired) electrons. The van der Waals surface area contributed by atoms with Crippen LogP contribution in [0.3, 0.4) is 0 Å². The standard InChI is InChI=1S/C26H29NO2/c28-26(29)16-13-20-7-5-17-27(19-20)18-6-12-25-23-10-3-1-8-21(23)14-15-22-9-2-4-11-24(22)25/h1-4,8-12,14-15,20H,5-7,13,16-19H2,(H,28,29). The molecule has 0 spiro atoms. The van der Waals surface area contributed by atoms with Crippen molar-refractivity contribution in [3.05, 3.63) is 76.9 Å². The number of likely N-dealkylation sites (tertiary alicyclic amines) is 1. The maximum Gasteiger partial charge on any atom is 0.303 e. The molecule has 0 amide bonds. The van der Waals surface area contributed by atoms with E-state index in [0.29, 0.717) is 12.3 Å². The Bertz CT molecular complexity index is 876. The summed E-state index contributed by atoms with van der Waals surface area (Å²) in [5, 5.41) is 8.95. The van der Waals surface area contributed by atoms with Crippen molar-refractivity contribution in [2.75, 3.05) is 19.6 Å². The second-order valence-electron chi connectivity index (χ2n) is 8.16.